The van der Waals surface area contributed by atoms with Crippen LogP contribution in [0.2, 0.25) is 0 Å². The van der Waals surface area contributed by atoms with Crippen molar-refractivity contribution in [3.8, 4) is 0 Å². The molecule has 2 fully saturated rings. The fraction of sp³-hybridized carbons (Fsp3) is 1.00. The van der Waals surface area contributed by atoms with Gasteiger partial charge in [0.15, 0.2) is 0 Å². The molecule has 3 unspecified atom stereocenters. The first kappa shape index (κ1) is 10.4. The zero-order valence-electron chi connectivity index (χ0n) is 9.00. The van der Waals surface area contributed by atoms with Crippen molar-refractivity contribution in [1.29, 1.82) is 0 Å². The third-order valence-corrected chi connectivity index (χ3v) is 3.42. The Morgan fingerprint density at radius 3 is 2.86 bits per heavy atom. The molecule has 0 amide bonds. The monoisotopic (exact) mass is 199 g/mol. The van der Waals surface area contributed by atoms with Crippen LogP contribution in [0.3, 0.4) is 0 Å². The predicted octanol–water partition coefficient (Wildman–Crippen LogP) is 1.45. The van der Waals surface area contributed by atoms with Crippen LogP contribution < -0.4 is 5.73 Å². The molecular weight excluding hydrogens is 178 g/mol. The third-order valence-electron chi connectivity index (χ3n) is 3.42. The van der Waals surface area contributed by atoms with Crippen molar-refractivity contribution < 1.29 is 9.47 Å². The van der Waals surface area contributed by atoms with E-state index in [4.69, 9.17) is 15.2 Å². The summed E-state index contributed by atoms with van der Waals surface area (Å²) in [7, 11) is 0. The van der Waals surface area contributed by atoms with Crippen molar-refractivity contribution in [3.05, 3.63) is 0 Å². The van der Waals surface area contributed by atoms with Gasteiger partial charge in [-0.05, 0) is 32.1 Å². The number of hydrogen-bond acceptors (Lipinski definition) is 3. The summed E-state index contributed by atoms with van der Waals surface area (Å²) in [6.45, 7) is 3.76. The fourth-order valence-corrected chi connectivity index (χ4v) is 2.61. The molecule has 2 rings (SSSR count). The molecule has 2 N–H and O–H groups in total. The van der Waals surface area contributed by atoms with Crippen LogP contribution in [0.15, 0.2) is 0 Å². The van der Waals surface area contributed by atoms with E-state index in [9.17, 15) is 0 Å². The average molecular weight is 199 g/mol. The Morgan fingerprint density at radius 1 is 1.43 bits per heavy atom. The molecular formula is C11H21NO2. The van der Waals surface area contributed by atoms with Crippen LogP contribution in [0.5, 0.6) is 0 Å². The summed E-state index contributed by atoms with van der Waals surface area (Å²) < 4.78 is 11.2. The number of hydrogen-bond donors (Lipinski definition) is 1. The molecule has 3 heteroatoms. The molecule has 2 aliphatic rings. The van der Waals surface area contributed by atoms with Crippen LogP contribution in [-0.4, -0.2) is 31.0 Å². The lowest BCUT2D eigenvalue weighted by Gasteiger charge is -2.30. The minimum atomic E-state index is -0.0866. The Bertz CT molecular complexity index is 198. The molecule has 3 atom stereocenters. The molecule has 0 spiro atoms. The second-order valence-electron chi connectivity index (χ2n) is 4.62. The van der Waals surface area contributed by atoms with Crippen molar-refractivity contribution in [3.63, 3.8) is 0 Å². The molecule has 0 aromatic rings. The third kappa shape index (κ3) is 1.95. The molecule has 82 valence electrons. The van der Waals surface area contributed by atoms with Gasteiger partial charge >= 0.3 is 0 Å². The molecule has 2 bridgehead atoms. The molecule has 3 nitrogen and oxygen atoms in total. The second kappa shape index (κ2) is 4.17. The Morgan fingerprint density at radius 2 is 2.29 bits per heavy atom. The number of nitrogens with two attached hydrogens (primary N) is 1. The Hall–Kier alpha value is -0.120. The van der Waals surface area contributed by atoms with Crippen LogP contribution >= 0.6 is 0 Å². The van der Waals surface area contributed by atoms with Gasteiger partial charge in [0.25, 0.3) is 0 Å². The number of ether oxygens (including phenoxy) is 2. The van der Waals surface area contributed by atoms with Crippen LogP contribution in [0, 0.1) is 0 Å². The molecule has 0 aromatic heterocycles. The zero-order chi connectivity index (χ0) is 10.0. The molecule has 0 saturated carbocycles. The smallest absolute Gasteiger partial charge is 0.0761 e. The highest BCUT2D eigenvalue weighted by atomic mass is 16.5. The molecule has 0 radical (unpaired) electrons. The van der Waals surface area contributed by atoms with Crippen molar-refractivity contribution in [2.45, 2.75) is 56.8 Å². The zero-order valence-corrected chi connectivity index (χ0v) is 9.00. The lowest BCUT2D eigenvalue weighted by atomic mass is 9.80. The van der Waals surface area contributed by atoms with Crippen molar-refractivity contribution in [2.24, 2.45) is 5.73 Å². The highest BCUT2D eigenvalue weighted by Crippen LogP contribution is 2.41. The van der Waals surface area contributed by atoms with E-state index in [1.165, 1.54) is 6.42 Å². The summed E-state index contributed by atoms with van der Waals surface area (Å²) >= 11 is 0. The standard InChI is InChI=1S/C11H21NO2/c1-2-6-13-7-5-11(12)8-9-3-4-10(11)14-9/h9-10H,2-8,12H2,1H3. The van der Waals surface area contributed by atoms with E-state index >= 15 is 0 Å². The summed E-state index contributed by atoms with van der Waals surface area (Å²) in [5.74, 6) is 0. The Balaban J connectivity index is 1.74. The maximum atomic E-state index is 6.32. The maximum absolute atomic E-state index is 6.32. The van der Waals surface area contributed by atoms with E-state index < -0.39 is 0 Å². The lowest BCUT2D eigenvalue weighted by molar-refractivity contribution is 0.0662. The number of rotatable bonds is 5. The molecule has 0 aliphatic carbocycles. The maximum Gasteiger partial charge on any atom is 0.0761 e. The lowest BCUT2D eigenvalue weighted by Crippen LogP contribution is -2.49. The molecule has 2 aliphatic heterocycles. The normalized spacial score (nSPS) is 40.7. The molecule has 2 saturated heterocycles. The van der Waals surface area contributed by atoms with Gasteiger partial charge in [0.1, 0.15) is 0 Å². The van der Waals surface area contributed by atoms with Crippen molar-refractivity contribution in [1.82, 2.24) is 0 Å². The van der Waals surface area contributed by atoms with E-state index in [0.717, 1.165) is 38.9 Å². The summed E-state index contributed by atoms with van der Waals surface area (Å²) in [5, 5.41) is 0. The summed E-state index contributed by atoms with van der Waals surface area (Å²) in [4.78, 5) is 0. The van der Waals surface area contributed by atoms with Crippen molar-refractivity contribution in [2.75, 3.05) is 13.2 Å². The second-order valence-corrected chi connectivity index (χ2v) is 4.62. The van der Waals surface area contributed by atoms with Crippen LogP contribution in [0.4, 0.5) is 0 Å². The van der Waals surface area contributed by atoms with Gasteiger partial charge in [-0.25, -0.2) is 0 Å². The van der Waals surface area contributed by atoms with Gasteiger partial charge in [0.2, 0.25) is 0 Å². The van der Waals surface area contributed by atoms with Gasteiger partial charge in [0.05, 0.1) is 12.2 Å². The first-order valence-corrected chi connectivity index (χ1v) is 5.77. The van der Waals surface area contributed by atoms with E-state index in [1.54, 1.807) is 0 Å². The van der Waals surface area contributed by atoms with Gasteiger partial charge < -0.3 is 15.2 Å². The Kier molecular flexibility index (Phi) is 3.10. The first-order valence-electron chi connectivity index (χ1n) is 5.77. The Labute approximate surface area is 85.9 Å². The molecule has 0 aromatic carbocycles. The summed E-state index contributed by atoms with van der Waals surface area (Å²) in [6, 6.07) is 0. The quantitative estimate of drug-likeness (QED) is 0.682. The van der Waals surface area contributed by atoms with E-state index in [0.29, 0.717) is 12.2 Å². The molecule has 2 heterocycles. The summed E-state index contributed by atoms with van der Waals surface area (Å²) in [6.07, 6.45) is 6.17. The first-order chi connectivity index (χ1) is 6.74. The van der Waals surface area contributed by atoms with Gasteiger partial charge in [-0.2, -0.15) is 0 Å². The average Bonchev–Trinajstić information content (AvgIpc) is 2.72. The van der Waals surface area contributed by atoms with Crippen LogP contribution in [-0.2, 0) is 9.47 Å². The van der Waals surface area contributed by atoms with Gasteiger partial charge in [-0.15, -0.1) is 0 Å². The van der Waals surface area contributed by atoms with E-state index in [1.807, 2.05) is 0 Å². The van der Waals surface area contributed by atoms with Crippen LogP contribution in [0.1, 0.15) is 39.0 Å². The van der Waals surface area contributed by atoms with Crippen LogP contribution in [0.25, 0.3) is 0 Å². The van der Waals surface area contributed by atoms with Crippen molar-refractivity contribution >= 4 is 0 Å². The molecule has 14 heavy (non-hydrogen) atoms. The van der Waals surface area contributed by atoms with Gasteiger partial charge in [0, 0.05) is 18.8 Å². The predicted molar refractivity (Wildman–Crippen MR) is 55.2 cm³/mol. The SMILES string of the molecule is CCCOCCC1(N)CC2CCC1O2. The number of fused-ring (bicyclic) bond motifs is 2. The van der Waals surface area contributed by atoms with Gasteiger partial charge in [-0.1, -0.05) is 6.92 Å². The fourth-order valence-electron chi connectivity index (χ4n) is 2.61. The highest BCUT2D eigenvalue weighted by molar-refractivity contribution is 5.04. The van der Waals surface area contributed by atoms with Gasteiger partial charge in [-0.3, -0.25) is 0 Å². The summed E-state index contributed by atoms with van der Waals surface area (Å²) in [5.41, 5.74) is 6.23. The largest absolute Gasteiger partial charge is 0.381 e. The van der Waals surface area contributed by atoms with E-state index in [2.05, 4.69) is 6.92 Å². The topological polar surface area (TPSA) is 44.5 Å². The minimum Gasteiger partial charge on any atom is -0.381 e. The minimum absolute atomic E-state index is 0.0866. The highest BCUT2D eigenvalue weighted by Gasteiger charge is 2.49. The van der Waals surface area contributed by atoms with E-state index in [-0.39, 0.29) is 5.54 Å².